The third-order valence-electron chi connectivity index (χ3n) is 4.87. The largest absolute Gasteiger partial charge is 0.391 e. The zero-order valence-corrected chi connectivity index (χ0v) is 15.1. The van der Waals surface area contributed by atoms with Crippen molar-refractivity contribution in [3.63, 3.8) is 0 Å². The van der Waals surface area contributed by atoms with Crippen LogP contribution in [0.4, 0.5) is 4.79 Å². The van der Waals surface area contributed by atoms with Crippen LogP contribution in [-0.4, -0.2) is 45.0 Å². The van der Waals surface area contributed by atoms with Crippen molar-refractivity contribution in [3.05, 3.63) is 47.3 Å². The van der Waals surface area contributed by atoms with Crippen LogP contribution in [0.2, 0.25) is 0 Å². The second kappa shape index (κ2) is 7.27. The summed E-state index contributed by atoms with van der Waals surface area (Å²) in [4.78, 5) is 14.1. The first-order valence-corrected chi connectivity index (χ1v) is 8.78. The maximum atomic E-state index is 12.4. The Morgan fingerprint density at radius 3 is 2.80 bits per heavy atom. The Hall–Kier alpha value is -2.34. The third-order valence-corrected chi connectivity index (χ3v) is 4.87. The molecule has 1 aliphatic rings. The molecule has 1 aliphatic heterocycles. The van der Waals surface area contributed by atoms with Crippen LogP contribution >= 0.6 is 0 Å². The fraction of sp³-hybridized carbons (Fsp3) is 0.474. The molecule has 2 unspecified atom stereocenters. The number of carbonyl (C=O) groups excluding carboxylic acids is 1. The van der Waals surface area contributed by atoms with E-state index in [1.807, 2.05) is 55.8 Å². The number of hydrogen-bond donors (Lipinski definition) is 2. The number of aromatic nitrogens is 2. The van der Waals surface area contributed by atoms with Crippen LogP contribution in [-0.2, 0) is 6.54 Å². The topological polar surface area (TPSA) is 70.4 Å². The Morgan fingerprint density at radius 1 is 1.36 bits per heavy atom. The van der Waals surface area contributed by atoms with Crippen molar-refractivity contribution in [1.29, 1.82) is 0 Å². The van der Waals surface area contributed by atoms with E-state index < -0.39 is 6.10 Å². The maximum Gasteiger partial charge on any atom is 0.317 e. The number of likely N-dealkylation sites (tertiary alicyclic amines) is 1. The average molecular weight is 342 g/mol. The number of carbonyl (C=O) groups is 1. The van der Waals surface area contributed by atoms with Gasteiger partial charge in [-0.25, -0.2) is 9.48 Å². The van der Waals surface area contributed by atoms with E-state index in [0.29, 0.717) is 19.6 Å². The fourth-order valence-corrected chi connectivity index (χ4v) is 3.26. The summed E-state index contributed by atoms with van der Waals surface area (Å²) >= 11 is 0. The highest BCUT2D eigenvalue weighted by atomic mass is 16.3. The summed E-state index contributed by atoms with van der Waals surface area (Å²) in [5.74, 6) is 0.246. The Bertz CT molecular complexity index is 756. The number of amides is 2. The van der Waals surface area contributed by atoms with E-state index in [0.717, 1.165) is 29.1 Å². The smallest absolute Gasteiger partial charge is 0.317 e. The molecule has 6 nitrogen and oxygen atoms in total. The summed E-state index contributed by atoms with van der Waals surface area (Å²) in [6, 6.07) is 9.84. The number of β-amino-alcohol motifs (C(OH)–C–C–N with tert-alkyl or cyclic N) is 1. The highest BCUT2D eigenvalue weighted by Gasteiger charge is 2.27. The van der Waals surface area contributed by atoms with Crippen molar-refractivity contribution >= 4 is 6.03 Å². The number of rotatable bonds is 3. The highest BCUT2D eigenvalue weighted by Crippen LogP contribution is 2.19. The van der Waals surface area contributed by atoms with Gasteiger partial charge < -0.3 is 15.3 Å². The quantitative estimate of drug-likeness (QED) is 0.900. The molecule has 2 amide bonds. The van der Waals surface area contributed by atoms with Crippen molar-refractivity contribution in [2.75, 3.05) is 13.1 Å². The van der Waals surface area contributed by atoms with Crippen LogP contribution in [0.3, 0.4) is 0 Å². The molecule has 3 rings (SSSR count). The van der Waals surface area contributed by atoms with Crippen molar-refractivity contribution in [2.45, 2.75) is 39.8 Å². The van der Waals surface area contributed by atoms with Gasteiger partial charge in [-0.3, -0.25) is 0 Å². The van der Waals surface area contributed by atoms with Gasteiger partial charge in [-0.2, -0.15) is 5.10 Å². The second-order valence-electron chi connectivity index (χ2n) is 6.91. The molecule has 1 aromatic heterocycles. The maximum absolute atomic E-state index is 12.4. The third kappa shape index (κ3) is 3.85. The van der Waals surface area contributed by atoms with Crippen LogP contribution in [0.5, 0.6) is 0 Å². The number of nitrogens with zero attached hydrogens (tertiary/aromatic N) is 3. The first kappa shape index (κ1) is 17.5. The monoisotopic (exact) mass is 342 g/mol. The van der Waals surface area contributed by atoms with Gasteiger partial charge >= 0.3 is 6.03 Å². The summed E-state index contributed by atoms with van der Waals surface area (Å²) in [6.07, 6.45) is 0.387. The number of aliphatic hydroxyl groups is 1. The van der Waals surface area contributed by atoms with Gasteiger partial charge in [-0.15, -0.1) is 0 Å². The van der Waals surface area contributed by atoms with Gasteiger partial charge in [-0.1, -0.05) is 25.1 Å². The molecule has 0 radical (unpaired) electrons. The second-order valence-corrected chi connectivity index (χ2v) is 6.91. The van der Waals surface area contributed by atoms with Gasteiger partial charge in [0.25, 0.3) is 0 Å². The number of benzene rings is 1. The summed E-state index contributed by atoms with van der Waals surface area (Å²) in [6.45, 7) is 7.51. The molecule has 134 valence electrons. The minimum atomic E-state index is -0.443. The summed E-state index contributed by atoms with van der Waals surface area (Å²) < 4.78 is 1.91. The Morgan fingerprint density at radius 2 is 2.12 bits per heavy atom. The first-order valence-electron chi connectivity index (χ1n) is 8.78. The normalized spacial score (nSPS) is 20.6. The summed E-state index contributed by atoms with van der Waals surface area (Å²) in [7, 11) is 0. The van der Waals surface area contributed by atoms with Gasteiger partial charge in [0.2, 0.25) is 0 Å². The zero-order valence-electron chi connectivity index (χ0n) is 15.1. The van der Waals surface area contributed by atoms with Gasteiger partial charge in [0, 0.05) is 25.3 Å². The minimum absolute atomic E-state index is 0.130. The first-order chi connectivity index (χ1) is 12.0. The Labute approximate surface area is 148 Å². The average Bonchev–Trinajstić information content (AvgIpc) is 2.93. The predicted octanol–water partition coefficient (Wildman–Crippen LogP) is 2.40. The van der Waals surface area contributed by atoms with Crippen LogP contribution in [0.25, 0.3) is 5.69 Å². The molecule has 1 aromatic carbocycles. The molecular formula is C19H26N4O2. The van der Waals surface area contributed by atoms with Crippen LogP contribution in [0, 0.1) is 19.8 Å². The van der Waals surface area contributed by atoms with Gasteiger partial charge in [0.1, 0.15) is 0 Å². The number of para-hydroxylation sites is 1. The standard InChI is InChI=1S/C19H26N4O2/c1-13-8-9-22(12-18(13)24)19(25)20-11-16-6-4-5-7-17(16)23-15(3)10-14(2)21-23/h4-7,10,13,18,24H,8-9,11-12H2,1-3H3,(H,20,25). The lowest BCUT2D eigenvalue weighted by atomic mass is 9.96. The molecule has 6 heteroatoms. The minimum Gasteiger partial charge on any atom is -0.391 e. The van der Waals surface area contributed by atoms with E-state index in [1.165, 1.54) is 0 Å². The molecule has 0 spiro atoms. The van der Waals surface area contributed by atoms with E-state index in [9.17, 15) is 9.90 Å². The number of aryl methyl sites for hydroxylation is 2. The van der Waals surface area contributed by atoms with Crippen LogP contribution in [0.15, 0.2) is 30.3 Å². The molecule has 0 aliphatic carbocycles. The van der Waals surface area contributed by atoms with E-state index in [1.54, 1.807) is 4.90 Å². The van der Waals surface area contributed by atoms with Crippen LogP contribution in [0.1, 0.15) is 30.3 Å². The lowest BCUT2D eigenvalue weighted by molar-refractivity contribution is 0.0435. The molecule has 1 saturated heterocycles. The predicted molar refractivity (Wildman–Crippen MR) is 96.6 cm³/mol. The number of hydrogen-bond acceptors (Lipinski definition) is 3. The van der Waals surface area contributed by atoms with E-state index in [2.05, 4.69) is 10.4 Å². The molecule has 1 fully saturated rings. The molecule has 0 bridgehead atoms. The summed E-state index contributed by atoms with van der Waals surface area (Å²) in [5, 5.41) is 17.5. The molecule has 2 aromatic rings. The zero-order chi connectivity index (χ0) is 18.0. The van der Waals surface area contributed by atoms with Crippen molar-refractivity contribution in [3.8, 4) is 5.69 Å². The summed E-state index contributed by atoms with van der Waals surface area (Å²) in [5.41, 5.74) is 4.01. The van der Waals surface area contributed by atoms with E-state index in [4.69, 9.17) is 0 Å². The van der Waals surface area contributed by atoms with E-state index in [-0.39, 0.29) is 11.9 Å². The SMILES string of the molecule is Cc1cc(C)n(-c2ccccc2CNC(=O)N2CCC(C)C(O)C2)n1. The highest BCUT2D eigenvalue weighted by molar-refractivity contribution is 5.74. The molecular weight excluding hydrogens is 316 g/mol. The van der Waals surface area contributed by atoms with Crippen molar-refractivity contribution < 1.29 is 9.90 Å². The number of urea groups is 1. The molecule has 2 N–H and O–H groups in total. The molecule has 2 atom stereocenters. The van der Waals surface area contributed by atoms with Gasteiger partial charge in [0.15, 0.2) is 0 Å². The lowest BCUT2D eigenvalue weighted by Gasteiger charge is -2.34. The Kier molecular flexibility index (Phi) is 5.08. The lowest BCUT2D eigenvalue weighted by Crippen LogP contribution is -2.49. The van der Waals surface area contributed by atoms with Crippen molar-refractivity contribution in [2.24, 2.45) is 5.92 Å². The molecule has 0 saturated carbocycles. The van der Waals surface area contributed by atoms with Crippen molar-refractivity contribution in [1.82, 2.24) is 20.0 Å². The number of piperidine rings is 1. The van der Waals surface area contributed by atoms with E-state index >= 15 is 0 Å². The fourth-order valence-electron chi connectivity index (χ4n) is 3.26. The molecule has 25 heavy (non-hydrogen) atoms. The number of aliphatic hydroxyl groups excluding tert-OH is 1. The van der Waals surface area contributed by atoms with Gasteiger partial charge in [0.05, 0.1) is 17.5 Å². The van der Waals surface area contributed by atoms with Gasteiger partial charge in [-0.05, 0) is 43.9 Å². The number of nitrogens with one attached hydrogen (secondary N) is 1. The Balaban J connectivity index is 1.70. The molecule has 2 heterocycles. The van der Waals surface area contributed by atoms with Crippen LogP contribution < -0.4 is 5.32 Å².